The monoisotopic (exact) mass is 183 g/mol. The van der Waals surface area contributed by atoms with Crippen LogP contribution in [0.3, 0.4) is 0 Å². The van der Waals surface area contributed by atoms with E-state index in [-0.39, 0.29) is 0 Å². The van der Waals surface area contributed by atoms with Crippen molar-refractivity contribution in [1.29, 1.82) is 0 Å². The standard InChI is InChI=1S/C11H21NO/c1-3-9(2)10-4-6-11(7-5-10)12-8-13/h8-11H,3-7H2,1-2H3,(H,12,13). The van der Waals surface area contributed by atoms with Crippen LogP contribution in [0.25, 0.3) is 0 Å². The van der Waals surface area contributed by atoms with Gasteiger partial charge < -0.3 is 5.32 Å². The Balaban J connectivity index is 2.25. The number of carbonyl (C=O) groups is 1. The van der Waals surface area contributed by atoms with E-state index in [0.29, 0.717) is 6.04 Å². The molecule has 1 atom stereocenters. The van der Waals surface area contributed by atoms with E-state index in [0.717, 1.165) is 18.2 Å². The second-order valence-corrected chi connectivity index (χ2v) is 4.28. The number of nitrogens with one attached hydrogen (secondary N) is 1. The van der Waals surface area contributed by atoms with E-state index in [1.54, 1.807) is 0 Å². The molecule has 1 N–H and O–H groups in total. The molecule has 1 saturated carbocycles. The molecule has 0 aromatic rings. The van der Waals surface area contributed by atoms with Crippen LogP contribution in [-0.2, 0) is 4.79 Å². The van der Waals surface area contributed by atoms with Gasteiger partial charge in [0.05, 0.1) is 0 Å². The lowest BCUT2D eigenvalue weighted by molar-refractivity contribution is -0.110. The molecule has 13 heavy (non-hydrogen) atoms. The maximum Gasteiger partial charge on any atom is 0.207 e. The average Bonchev–Trinajstić information content (AvgIpc) is 2.18. The van der Waals surface area contributed by atoms with Gasteiger partial charge in [-0.15, -0.1) is 0 Å². The van der Waals surface area contributed by atoms with Crippen LogP contribution in [0.4, 0.5) is 0 Å². The zero-order valence-electron chi connectivity index (χ0n) is 8.75. The van der Waals surface area contributed by atoms with Crippen LogP contribution < -0.4 is 5.32 Å². The van der Waals surface area contributed by atoms with Crippen LogP contribution in [0.5, 0.6) is 0 Å². The highest BCUT2D eigenvalue weighted by Crippen LogP contribution is 2.31. The summed E-state index contributed by atoms with van der Waals surface area (Å²) in [7, 11) is 0. The van der Waals surface area contributed by atoms with Crippen LogP contribution in [-0.4, -0.2) is 12.5 Å². The lowest BCUT2D eigenvalue weighted by Crippen LogP contribution is -2.33. The summed E-state index contributed by atoms with van der Waals surface area (Å²) >= 11 is 0. The highest BCUT2D eigenvalue weighted by Gasteiger charge is 2.23. The maximum atomic E-state index is 10.2. The molecule has 0 radical (unpaired) electrons. The van der Waals surface area contributed by atoms with Crippen molar-refractivity contribution in [3.63, 3.8) is 0 Å². The van der Waals surface area contributed by atoms with Gasteiger partial charge in [0.15, 0.2) is 0 Å². The Bertz CT molecular complexity index is 150. The average molecular weight is 183 g/mol. The first kappa shape index (κ1) is 10.6. The first-order valence-corrected chi connectivity index (χ1v) is 5.47. The summed E-state index contributed by atoms with van der Waals surface area (Å²) < 4.78 is 0. The molecule has 2 heteroatoms. The van der Waals surface area contributed by atoms with Gasteiger partial charge in [0.25, 0.3) is 0 Å². The molecule has 0 aromatic heterocycles. The fourth-order valence-corrected chi connectivity index (χ4v) is 2.28. The van der Waals surface area contributed by atoms with Gasteiger partial charge in [0.2, 0.25) is 6.41 Å². The summed E-state index contributed by atoms with van der Waals surface area (Å²) in [5, 5.41) is 2.88. The fourth-order valence-electron chi connectivity index (χ4n) is 2.28. The second-order valence-electron chi connectivity index (χ2n) is 4.28. The smallest absolute Gasteiger partial charge is 0.207 e. The van der Waals surface area contributed by atoms with Gasteiger partial charge in [-0.05, 0) is 37.5 Å². The molecule has 1 amide bonds. The lowest BCUT2D eigenvalue weighted by Gasteiger charge is -2.31. The van der Waals surface area contributed by atoms with Crippen molar-refractivity contribution < 1.29 is 4.79 Å². The molecule has 0 spiro atoms. The number of carbonyl (C=O) groups excluding carboxylic acids is 1. The lowest BCUT2D eigenvalue weighted by atomic mass is 9.78. The molecule has 2 nitrogen and oxygen atoms in total. The Hall–Kier alpha value is -0.530. The number of hydrogen-bond donors (Lipinski definition) is 1. The molecule has 1 rings (SSSR count). The second kappa shape index (κ2) is 5.25. The van der Waals surface area contributed by atoms with Gasteiger partial charge >= 0.3 is 0 Å². The van der Waals surface area contributed by atoms with Crippen molar-refractivity contribution in [3.8, 4) is 0 Å². The molecule has 1 aliphatic rings. The molecule has 0 aromatic carbocycles. The topological polar surface area (TPSA) is 29.1 Å². The third-order valence-corrected chi connectivity index (χ3v) is 3.52. The van der Waals surface area contributed by atoms with Gasteiger partial charge in [-0.1, -0.05) is 20.3 Å². The summed E-state index contributed by atoms with van der Waals surface area (Å²) in [5.41, 5.74) is 0. The van der Waals surface area contributed by atoms with Gasteiger partial charge in [-0.2, -0.15) is 0 Å². The summed E-state index contributed by atoms with van der Waals surface area (Å²) in [4.78, 5) is 10.2. The summed E-state index contributed by atoms with van der Waals surface area (Å²) in [6, 6.07) is 0.456. The van der Waals surface area contributed by atoms with E-state index in [9.17, 15) is 4.79 Å². The molecule has 76 valence electrons. The van der Waals surface area contributed by atoms with Crippen LogP contribution in [0, 0.1) is 11.8 Å². The predicted molar refractivity (Wildman–Crippen MR) is 54.4 cm³/mol. The molecule has 1 fully saturated rings. The molecular weight excluding hydrogens is 162 g/mol. The fraction of sp³-hybridized carbons (Fsp3) is 0.909. The summed E-state index contributed by atoms with van der Waals surface area (Å²) in [5.74, 6) is 1.76. The van der Waals surface area contributed by atoms with Gasteiger partial charge in [0.1, 0.15) is 0 Å². The highest BCUT2D eigenvalue weighted by molar-refractivity contribution is 5.46. The van der Waals surface area contributed by atoms with Crippen molar-refractivity contribution in [2.45, 2.75) is 52.0 Å². The highest BCUT2D eigenvalue weighted by atomic mass is 16.1. The first-order valence-electron chi connectivity index (χ1n) is 5.47. The van der Waals surface area contributed by atoms with Crippen molar-refractivity contribution in [1.82, 2.24) is 5.32 Å². The molecule has 1 aliphatic carbocycles. The molecule has 0 aliphatic heterocycles. The van der Waals surface area contributed by atoms with Crippen molar-refractivity contribution in [2.75, 3.05) is 0 Å². The van der Waals surface area contributed by atoms with Crippen LogP contribution in [0.1, 0.15) is 46.0 Å². The number of hydrogen-bond acceptors (Lipinski definition) is 1. The quantitative estimate of drug-likeness (QED) is 0.666. The van der Waals surface area contributed by atoms with Crippen molar-refractivity contribution in [2.24, 2.45) is 11.8 Å². The molecule has 0 saturated heterocycles. The van der Waals surface area contributed by atoms with Gasteiger partial charge in [-0.3, -0.25) is 4.79 Å². The van der Waals surface area contributed by atoms with Crippen LogP contribution in [0.15, 0.2) is 0 Å². The minimum absolute atomic E-state index is 0.456. The first-order chi connectivity index (χ1) is 6.27. The Morgan fingerprint density at radius 3 is 2.46 bits per heavy atom. The van der Waals surface area contributed by atoms with Gasteiger partial charge in [-0.25, -0.2) is 0 Å². The Kier molecular flexibility index (Phi) is 4.26. The van der Waals surface area contributed by atoms with Crippen LogP contribution in [0.2, 0.25) is 0 Å². The molecular formula is C11H21NO. The Morgan fingerprint density at radius 2 is 2.00 bits per heavy atom. The predicted octanol–water partition coefficient (Wildman–Crippen LogP) is 2.34. The van der Waals surface area contributed by atoms with E-state index < -0.39 is 0 Å². The third-order valence-electron chi connectivity index (χ3n) is 3.52. The van der Waals surface area contributed by atoms with E-state index in [2.05, 4.69) is 19.2 Å². The summed E-state index contributed by atoms with van der Waals surface area (Å²) in [6.07, 6.45) is 7.06. The molecule has 1 unspecified atom stereocenters. The maximum absolute atomic E-state index is 10.2. The van der Waals surface area contributed by atoms with Crippen molar-refractivity contribution >= 4 is 6.41 Å². The van der Waals surface area contributed by atoms with Crippen LogP contribution >= 0.6 is 0 Å². The Morgan fingerprint density at radius 1 is 1.38 bits per heavy atom. The SMILES string of the molecule is CCC(C)C1CCC(NC=O)CC1. The normalized spacial score (nSPS) is 30.9. The van der Waals surface area contributed by atoms with E-state index in [1.165, 1.54) is 32.1 Å². The van der Waals surface area contributed by atoms with E-state index in [4.69, 9.17) is 0 Å². The van der Waals surface area contributed by atoms with Gasteiger partial charge in [0, 0.05) is 6.04 Å². The summed E-state index contributed by atoms with van der Waals surface area (Å²) in [6.45, 7) is 4.61. The molecule has 0 bridgehead atoms. The van der Waals surface area contributed by atoms with Crippen molar-refractivity contribution in [3.05, 3.63) is 0 Å². The zero-order chi connectivity index (χ0) is 9.68. The minimum Gasteiger partial charge on any atom is -0.356 e. The third kappa shape index (κ3) is 3.02. The molecule has 0 heterocycles. The van der Waals surface area contributed by atoms with E-state index in [1.807, 2.05) is 0 Å². The largest absolute Gasteiger partial charge is 0.356 e. The number of rotatable bonds is 4. The Labute approximate surface area is 81.1 Å². The minimum atomic E-state index is 0.456. The number of amides is 1. The zero-order valence-corrected chi connectivity index (χ0v) is 8.75. The van der Waals surface area contributed by atoms with E-state index >= 15 is 0 Å².